The molecule has 3 heteroatoms. The molecule has 0 bridgehead atoms. The molecule has 1 heterocycles. The fourth-order valence-electron chi connectivity index (χ4n) is 1.08. The molecule has 1 nitrogen and oxygen atoms in total. The molecule has 0 aliphatic rings. The number of thioether (sulfide) groups is 1. The summed E-state index contributed by atoms with van der Waals surface area (Å²) in [6, 6.07) is 2.81. The van der Waals surface area contributed by atoms with E-state index in [2.05, 4.69) is 35.3 Å². The van der Waals surface area contributed by atoms with Crippen LogP contribution in [0.15, 0.2) is 16.8 Å². The van der Waals surface area contributed by atoms with Crippen LogP contribution in [0.5, 0.6) is 0 Å². The highest BCUT2D eigenvalue weighted by Crippen LogP contribution is 2.06. The van der Waals surface area contributed by atoms with Crippen LogP contribution in [0.25, 0.3) is 0 Å². The molecular formula is C10H17NS2. The van der Waals surface area contributed by atoms with Crippen LogP contribution >= 0.6 is 23.1 Å². The molecule has 0 fully saturated rings. The summed E-state index contributed by atoms with van der Waals surface area (Å²) in [5.41, 5.74) is 1.40. The predicted octanol–water partition coefficient (Wildman–Crippen LogP) is 2.98. The van der Waals surface area contributed by atoms with Gasteiger partial charge in [0, 0.05) is 12.6 Å². The standard InChI is InChI=1S/C10H17NS2/c1-9(3-5-12-2)11-7-10-4-6-13-8-10/h4,6,8-9,11H,3,5,7H2,1-2H3. The van der Waals surface area contributed by atoms with Gasteiger partial charge >= 0.3 is 0 Å². The molecule has 0 spiro atoms. The lowest BCUT2D eigenvalue weighted by Gasteiger charge is -2.11. The highest BCUT2D eigenvalue weighted by Gasteiger charge is 2.00. The summed E-state index contributed by atoms with van der Waals surface area (Å²) in [5, 5.41) is 7.84. The SMILES string of the molecule is CSCCC(C)NCc1ccsc1. The Morgan fingerprint density at radius 2 is 2.46 bits per heavy atom. The molecule has 0 radical (unpaired) electrons. The van der Waals surface area contributed by atoms with Crippen LogP contribution in [0.1, 0.15) is 18.9 Å². The minimum Gasteiger partial charge on any atom is -0.310 e. The number of rotatable bonds is 6. The van der Waals surface area contributed by atoms with E-state index >= 15 is 0 Å². The molecule has 1 atom stereocenters. The van der Waals surface area contributed by atoms with E-state index in [4.69, 9.17) is 0 Å². The molecule has 1 rings (SSSR count). The monoisotopic (exact) mass is 215 g/mol. The van der Waals surface area contributed by atoms with E-state index in [-0.39, 0.29) is 0 Å². The summed E-state index contributed by atoms with van der Waals surface area (Å²) < 4.78 is 0. The minimum atomic E-state index is 0.632. The third-order valence-corrected chi connectivity index (χ3v) is 3.37. The van der Waals surface area contributed by atoms with E-state index in [0.717, 1.165) is 6.54 Å². The average molecular weight is 215 g/mol. The summed E-state index contributed by atoms with van der Waals surface area (Å²) in [5.74, 6) is 1.25. The van der Waals surface area contributed by atoms with Crippen LogP contribution in [0, 0.1) is 0 Å². The third kappa shape index (κ3) is 4.69. The van der Waals surface area contributed by atoms with Crippen LogP contribution in [0.4, 0.5) is 0 Å². The van der Waals surface area contributed by atoms with Crippen LogP contribution < -0.4 is 5.32 Å². The average Bonchev–Trinajstić information content (AvgIpc) is 2.64. The first-order chi connectivity index (χ1) is 6.33. The second-order valence-corrected chi connectivity index (χ2v) is 4.96. The van der Waals surface area contributed by atoms with Gasteiger partial charge in [-0.1, -0.05) is 0 Å². The second-order valence-electron chi connectivity index (χ2n) is 3.20. The maximum absolute atomic E-state index is 3.51. The quantitative estimate of drug-likeness (QED) is 0.783. The molecular weight excluding hydrogens is 198 g/mol. The van der Waals surface area contributed by atoms with Crippen molar-refractivity contribution in [2.45, 2.75) is 25.9 Å². The largest absolute Gasteiger partial charge is 0.310 e. The highest BCUT2D eigenvalue weighted by atomic mass is 32.2. The molecule has 74 valence electrons. The van der Waals surface area contributed by atoms with Crippen LogP contribution in [0.3, 0.4) is 0 Å². The van der Waals surface area contributed by atoms with E-state index in [9.17, 15) is 0 Å². The zero-order valence-corrected chi connectivity index (χ0v) is 9.88. The Morgan fingerprint density at radius 3 is 3.08 bits per heavy atom. The van der Waals surface area contributed by atoms with Gasteiger partial charge in [-0.05, 0) is 47.7 Å². The van der Waals surface area contributed by atoms with Crippen LogP contribution in [-0.4, -0.2) is 18.1 Å². The zero-order chi connectivity index (χ0) is 9.52. The zero-order valence-electron chi connectivity index (χ0n) is 8.25. The Bertz CT molecular complexity index is 209. The van der Waals surface area contributed by atoms with Crippen LogP contribution in [0.2, 0.25) is 0 Å². The second kappa shape index (κ2) is 6.46. The molecule has 0 amide bonds. The molecule has 0 aromatic carbocycles. The molecule has 0 aliphatic heterocycles. The summed E-state index contributed by atoms with van der Waals surface area (Å²) in [7, 11) is 0. The van der Waals surface area contributed by atoms with E-state index in [1.54, 1.807) is 11.3 Å². The van der Waals surface area contributed by atoms with E-state index in [0.29, 0.717) is 6.04 Å². The highest BCUT2D eigenvalue weighted by molar-refractivity contribution is 7.98. The normalized spacial score (nSPS) is 13.1. The topological polar surface area (TPSA) is 12.0 Å². The van der Waals surface area contributed by atoms with Crippen molar-refractivity contribution in [2.75, 3.05) is 12.0 Å². The van der Waals surface area contributed by atoms with Gasteiger partial charge in [-0.3, -0.25) is 0 Å². The lowest BCUT2D eigenvalue weighted by atomic mass is 10.2. The van der Waals surface area contributed by atoms with Gasteiger partial charge in [0.1, 0.15) is 0 Å². The molecule has 1 unspecified atom stereocenters. The predicted molar refractivity (Wildman–Crippen MR) is 63.6 cm³/mol. The number of nitrogens with one attached hydrogen (secondary N) is 1. The number of hydrogen-bond acceptors (Lipinski definition) is 3. The third-order valence-electron chi connectivity index (χ3n) is 1.99. The van der Waals surface area contributed by atoms with Gasteiger partial charge in [0.15, 0.2) is 0 Å². The Labute approximate surface area is 88.9 Å². The number of hydrogen-bond donors (Lipinski definition) is 1. The lowest BCUT2D eigenvalue weighted by molar-refractivity contribution is 0.538. The van der Waals surface area contributed by atoms with Crippen molar-refractivity contribution < 1.29 is 0 Å². The van der Waals surface area contributed by atoms with Gasteiger partial charge in [0.05, 0.1) is 0 Å². The van der Waals surface area contributed by atoms with Crippen molar-refractivity contribution in [2.24, 2.45) is 0 Å². The summed E-state index contributed by atoms with van der Waals surface area (Å²) in [6.45, 7) is 3.27. The maximum Gasteiger partial charge on any atom is 0.0216 e. The summed E-state index contributed by atoms with van der Waals surface area (Å²) in [4.78, 5) is 0. The van der Waals surface area contributed by atoms with Gasteiger partial charge in [0.2, 0.25) is 0 Å². The molecule has 0 saturated heterocycles. The Morgan fingerprint density at radius 1 is 1.62 bits per heavy atom. The molecule has 1 aromatic heterocycles. The molecule has 1 N–H and O–H groups in total. The van der Waals surface area contributed by atoms with Crippen LogP contribution in [-0.2, 0) is 6.54 Å². The van der Waals surface area contributed by atoms with Crippen molar-refractivity contribution in [3.05, 3.63) is 22.4 Å². The van der Waals surface area contributed by atoms with Crippen molar-refractivity contribution >= 4 is 23.1 Å². The van der Waals surface area contributed by atoms with Gasteiger partial charge in [-0.25, -0.2) is 0 Å². The van der Waals surface area contributed by atoms with Crippen molar-refractivity contribution in [3.8, 4) is 0 Å². The summed E-state index contributed by atoms with van der Waals surface area (Å²) in [6.07, 6.45) is 3.41. The van der Waals surface area contributed by atoms with Crippen molar-refractivity contribution in [3.63, 3.8) is 0 Å². The van der Waals surface area contributed by atoms with Gasteiger partial charge in [-0.2, -0.15) is 23.1 Å². The molecule has 0 saturated carbocycles. The molecule has 1 aromatic rings. The first kappa shape index (κ1) is 11.1. The van der Waals surface area contributed by atoms with E-state index < -0.39 is 0 Å². The van der Waals surface area contributed by atoms with E-state index in [1.807, 2.05) is 11.8 Å². The fourth-order valence-corrected chi connectivity index (χ4v) is 2.34. The Kier molecular flexibility index (Phi) is 5.51. The van der Waals surface area contributed by atoms with Gasteiger partial charge < -0.3 is 5.32 Å². The maximum atomic E-state index is 3.51. The van der Waals surface area contributed by atoms with Gasteiger partial charge in [-0.15, -0.1) is 0 Å². The lowest BCUT2D eigenvalue weighted by Crippen LogP contribution is -2.25. The number of thiophene rings is 1. The minimum absolute atomic E-state index is 0.632. The smallest absolute Gasteiger partial charge is 0.0216 e. The van der Waals surface area contributed by atoms with Crippen molar-refractivity contribution in [1.82, 2.24) is 5.32 Å². The molecule has 0 aliphatic carbocycles. The summed E-state index contributed by atoms with van der Waals surface area (Å²) >= 11 is 3.68. The van der Waals surface area contributed by atoms with E-state index in [1.165, 1.54) is 17.7 Å². The van der Waals surface area contributed by atoms with Crippen molar-refractivity contribution in [1.29, 1.82) is 0 Å². The Balaban J connectivity index is 2.11. The first-order valence-electron chi connectivity index (χ1n) is 4.56. The van der Waals surface area contributed by atoms with Gasteiger partial charge in [0.25, 0.3) is 0 Å². The molecule has 13 heavy (non-hydrogen) atoms. The fraction of sp³-hybridized carbons (Fsp3) is 0.600. The first-order valence-corrected chi connectivity index (χ1v) is 6.90. The Hall–Kier alpha value is 0.01000.